The van der Waals surface area contributed by atoms with Crippen LogP contribution in [0.2, 0.25) is 0 Å². The zero-order valence-electron chi connectivity index (χ0n) is 85.7. The molecule has 0 radical (unpaired) electrons. The number of nitrogens with zero attached hydrogens (tertiary/aromatic N) is 14. The summed E-state index contributed by atoms with van der Waals surface area (Å²) in [6.45, 7) is 19.7. The number of anilines is 6. The van der Waals surface area contributed by atoms with Crippen LogP contribution in [-0.4, -0.2) is 165 Å². The van der Waals surface area contributed by atoms with Crippen LogP contribution in [0.5, 0.6) is 0 Å². The average molecular weight is 2020 g/mol. The quantitative estimate of drug-likeness (QED) is 0.0157. The lowest BCUT2D eigenvalue weighted by molar-refractivity contribution is -0.700. The first kappa shape index (κ1) is 112. The van der Waals surface area contributed by atoms with E-state index in [1.54, 1.807) is 48.1 Å². The number of benzene rings is 6. The molecule has 16 nitrogen and oxygen atoms in total. The van der Waals surface area contributed by atoms with Crippen LogP contribution in [0, 0.1) is 11.9 Å². The molecule has 142 heavy (non-hydrogen) atoms. The molecule has 6 heterocycles. The van der Waals surface area contributed by atoms with E-state index in [1.165, 1.54) is 88.8 Å². The van der Waals surface area contributed by atoms with E-state index >= 15 is 0 Å². The Kier molecular flexibility index (Phi) is 49.6. The zero-order valence-corrected chi connectivity index (χ0v) is 90.6. The normalized spacial score (nSPS) is 11.4. The molecule has 0 aliphatic carbocycles. The van der Waals surface area contributed by atoms with Crippen molar-refractivity contribution in [3.63, 3.8) is 0 Å². The van der Waals surface area contributed by atoms with Crippen molar-refractivity contribution >= 4 is 184 Å². The Morgan fingerprint density at radius 3 is 0.873 bits per heavy atom. The smallest absolute Gasteiger partial charge is 0.359 e. The van der Waals surface area contributed by atoms with Gasteiger partial charge < -0.3 is 39.2 Å². The standard InChI is InChI=1S/C46H60F2N6O2S2.2C36H44N4S2/c1-49(41-21-17-37(18-22-41)13-15-39-25-31-51(3)43(47)35-39)27-9-29-53(5)45(55)11-7-33-57-58-34-8-12-46(56)54(6)30-10-28-50(2)42-23-19-38(20-24-42)14-16-40-26-32-52(4)44(48)36-40;1-5-39-25-13-11-17-33(39)23-21-31-15-7-9-19-35(31)37(3)27-29-41-42-30-28-38(4)36-20-10-8-16-32(36)22-24-34-18-12-14-26-40(34)6-2;1-5-39-23-19-31(20-24-39)15-17-33-11-7-9-13-35(33)37(3)27-29-41-42-30-28-38(4)36-14-10-8-12-34(36)18-16-32-21-25-40(6-2)26-22-32/h13-26,31-32,35-36H,7-12,27-30,33-34H2,1-6H3;2*7-26H,5-6,27-30H2,1-4H3/q3*+2. The summed E-state index contributed by atoms with van der Waals surface area (Å²) in [5, 5.41) is 0. The molecule has 6 aromatic carbocycles. The molecule has 0 aliphatic rings. The molecule has 12 rings (SSSR count). The molecule has 0 unspecified atom stereocenters. The summed E-state index contributed by atoms with van der Waals surface area (Å²) in [6, 6.07) is 79.3. The molecule has 0 atom stereocenters. The van der Waals surface area contributed by atoms with Crippen LogP contribution >= 0.6 is 64.8 Å². The van der Waals surface area contributed by atoms with E-state index in [4.69, 9.17) is 0 Å². The summed E-state index contributed by atoms with van der Waals surface area (Å²) in [4.78, 5) is 42.9. The highest BCUT2D eigenvalue weighted by molar-refractivity contribution is 8.77. The Balaban J connectivity index is 0.000000223. The van der Waals surface area contributed by atoms with Crippen molar-refractivity contribution in [2.45, 2.75) is 92.4 Å². The molecular formula is C118H148F2N14O2S6+6. The second-order valence-electron chi connectivity index (χ2n) is 35.0. The first-order valence-corrected chi connectivity index (χ1v) is 56.9. The number of rotatable bonds is 53. The summed E-state index contributed by atoms with van der Waals surface area (Å²) in [5.41, 5.74) is 20.9. The molecule has 0 saturated carbocycles. The van der Waals surface area contributed by atoms with Gasteiger partial charge in [-0.05, 0) is 182 Å². The Bertz CT molecular complexity index is 5640. The lowest BCUT2D eigenvalue weighted by Gasteiger charge is -2.22. The predicted octanol–water partition coefficient (Wildman–Crippen LogP) is 23.4. The van der Waals surface area contributed by atoms with Gasteiger partial charge in [-0.25, -0.2) is 9.13 Å². The molecular weight excluding hydrogens is 1880 g/mol. The molecule has 12 aromatic rings. The summed E-state index contributed by atoms with van der Waals surface area (Å²) >= 11 is 0. The third-order valence-electron chi connectivity index (χ3n) is 24.6. The third-order valence-corrected chi connectivity index (χ3v) is 31.9. The lowest BCUT2D eigenvalue weighted by atomic mass is 10.1. The predicted molar refractivity (Wildman–Crippen MR) is 614 cm³/mol. The van der Waals surface area contributed by atoms with E-state index in [-0.39, 0.29) is 23.7 Å². The highest BCUT2D eigenvalue weighted by Gasteiger charge is 2.18. The molecule has 2 amide bonds. The molecule has 746 valence electrons. The lowest BCUT2D eigenvalue weighted by Crippen LogP contribution is -2.34. The van der Waals surface area contributed by atoms with Gasteiger partial charge in [0.05, 0.1) is 0 Å². The maximum Gasteiger partial charge on any atom is 0.359 e. The van der Waals surface area contributed by atoms with Gasteiger partial charge in [0, 0.05) is 275 Å². The average Bonchev–Trinajstić information content (AvgIpc) is 0.877. The van der Waals surface area contributed by atoms with Crippen molar-refractivity contribution in [3.8, 4) is 0 Å². The van der Waals surface area contributed by atoms with Gasteiger partial charge in [0.25, 0.3) is 0 Å². The van der Waals surface area contributed by atoms with Crippen molar-refractivity contribution in [3.05, 3.63) is 359 Å². The van der Waals surface area contributed by atoms with Crippen LogP contribution in [0.15, 0.2) is 280 Å². The number of halogens is 2. The second kappa shape index (κ2) is 62.7. The minimum atomic E-state index is -0.278. The van der Waals surface area contributed by atoms with E-state index < -0.39 is 0 Å². The Labute approximate surface area is 870 Å². The maximum atomic E-state index is 13.8. The van der Waals surface area contributed by atoms with Crippen LogP contribution in [0.3, 0.4) is 0 Å². The molecule has 0 aliphatic heterocycles. The van der Waals surface area contributed by atoms with Crippen LogP contribution in [-0.2, 0) is 49.9 Å². The van der Waals surface area contributed by atoms with Gasteiger partial charge in [0.1, 0.15) is 40.3 Å². The van der Waals surface area contributed by atoms with Crippen molar-refractivity contribution < 1.29 is 45.8 Å². The van der Waals surface area contributed by atoms with Crippen molar-refractivity contribution in [2.75, 3.05) is 173 Å². The third kappa shape index (κ3) is 38.9. The van der Waals surface area contributed by atoms with Gasteiger partial charge in [-0.15, -0.1) is 8.78 Å². The summed E-state index contributed by atoms with van der Waals surface area (Å²) < 4.78 is 39.3. The first-order valence-electron chi connectivity index (χ1n) is 49.4. The largest absolute Gasteiger partial charge is 0.375 e. The summed E-state index contributed by atoms with van der Waals surface area (Å²) in [7, 11) is 31.4. The number of aryl methyl sites for hydroxylation is 6. The Morgan fingerprint density at radius 2 is 0.556 bits per heavy atom. The molecule has 24 heteroatoms. The van der Waals surface area contributed by atoms with Crippen molar-refractivity contribution in [1.82, 2.24) is 9.80 Å². The van der Waals surface area contributed by atoms with Gasteiger partial charge in [-0.3, -0.25) is 9.59 Å². The van der Waals surface area contributed by atoms with E-state index in [0.29, 0.717) is 25.9 Å². The fourth-order valence-electron chi connectivity index (χ4n) is 15.5. The second-order valence-corrected chi connectivity index (χ2v) is 43.1. The topological polar surface area (TPSA) is 83.3 Å². The van der Waals surface area contributed by atoms with Crippen LogP contribution in [0.25, 0.3) is 72.9 Å². The molecule has 0 fully saturated rings. The Morgan fingerprint density at radius 1 is 0.275 bits per heavy atom. The van der Waals surface area contributed by atoms with E-state index in [0.717, 1.165) is 159 Å². The van der Waals surface area contributed by atoms with Gasteiger partial charge in [-0.1, -0.05) is 210 Å². The van der Waals surface area contributed by atoms with Gasteiger partial charge >= 0.3 is 11.9 Å². The molecule has 6 aromatic heterocycles. The van der Waals surface area contributed by atoms with Gasteiger partial charge in [0.15, 0.2) is 49.6 Å². The fraction of sp³-hybridized carbons (Fsp3) is 0.322. The monoisotopic (exact) mass is 2020 g/mol. The van der Waals surface area contributed by atoms with Crippen LogP contribution in [0.4, 0.5) is 42.9 Å². The molecule has 0 spiro atoms. The van der Waals surface area contributed by atoms with Crippen molar-refractivity contribution in [2.24, 2.45) is 14.1 Å². The van der Waals surface area contributed by atoms with Gasteiger partial charge in [0.2, 0.25) is 23.2 Å². The number of carbonyl (C=O) groups excluding carboxylic acids is 2. The van der Waals surface area contributed by atoms with E-state index in [9.17, 15) is 18.4 Å². The Hall–Kier alpha value is -11.6. The number of hydrogen-bond donors (Lipinski definition) is 0. The number of para-hydroxylation sites is 4. The molecule has 0 saturated heterocycles. The minimum absolute atomic E-state index is 0.176. The number of pyridine rings is 6. The molecule has 0 bridgehead atoms. The van der Waals surface area contributed by atoms with Gasteiger partial charge in [-0.2, -0.15) is 18.3 Å². The van der Waals surface area contributed by atoms with E-state index in [1.807, 2.05) is 104 Å². The molecule has 0 N–H and O–H groups in total. The highest BCUT2D eigenvalue weighted by Crippen LogP contribution is 2.32. The minimum Gasteiger partial charge on any atom is -0.375 e. The number of aromatic nitrogens is 6. The summed E-state index contributed by atoms with van der Waals surface area (Å²) in [5.74, 6) is 5.92. The van der Waals surface area contributed by atoms with Crippen molar-refractivity contribution in [1.29, 1.82) is 0 Å². The number of amides is 2. The first-order chi connectivity index (χ1) is 69.1. The van der Waals surface area contributed by atoms with E-state index in [2.05, 4.69) is 410 Å². The fourth-order valence-corrected chi connectivity index (χ4v) is 21.9. The SMILES string of the molecule is CC[n+]1ccc(/C=C/c2ccccc2N(C)CCSSCCN(C)c2ccccc2/C=C/c2cc[n+](CC)cc2)cc1.CC[n+]1ccccc1/C=C/c1ccccc1N(C)CCSSCCN(C)c1ccccc1/C=C/c1cccc[n+]1CC.CN(CCCN(C)c1ccc(/C=C/c2cc[n+](C)c(F)c2)cc1)C(=O)CCCSSCCCC(=O)N(C)CCCN(C)c1ccc(/C=C/c2cc[n+](C)c(F)c2)cc1. The number of carbonyl (C=O) groups is 2. The maximum absolute atomic E-state index is 13.8. The highest BCUT2D eigenvalue weighted by atomic mass is 33.1. The summed E-state index contributed by atoms with van der Waals surface area (Å²) in [6.07, 6.45) is 46.2. The zero-order chi connectivity index (χ0) is 101. The number of hydrogen-bond acceptors (Lipinski definition) is 14. The van der Waals surface area contributed by atoms with Crippen LogP contribution < -0.4 is 56.8 Å². The van der Waals surface area contributed by atoms with Crippen LogP contribution in [0.1, 0.15) is 133 Å².